The van der Waals surface area contributed by atoms with E-state index in [1.807, 2.05) is 0 Å². The van der Waals surface area contributed by atoms with Crippen LogP contribution in [0.25, 0.3) is 0 Å². The van der Waals surface area contributed by atoms with Gasteiger partial charge in [0, 0.05) is 6.54 Å². The van der Waals surface area contributed by atoms with Crippen molar-refractivity contribution in [1.29, 1.82) is 0 Å². The number of epoxide rings is 1. The molecule has 60 valence electrons. The molecular weight excluding hydrogens is 138 g/mol. The monoisotopic (exact) mass is 149 g/mol. The third-order valence-electron chi connectivity index (χ3n) is 1.23. The Kier molecular flexibility index (Phi) is 2.22. The molecule has 5 heteroatoms. The molecule has 1 saturated heterocycles. The molecule has 1 aliphatic rings. The van der Waals surface area contributed by atoms with E-state index >= 15 is 0 Å². The number of ether oxygens (including phenoxy) is 1. The Morgan fingerprint density at radius 2 is 2.10 bits per heavy atom. The minimum atomic E-state index is -2.74. The molecule has 0 aromatic heterocycles. The normalized spacial score (nSPS) is 24.9. The summed E-state index contributed by atoms with van der Waals surface area (Å²) in [6, 6.07) is 0. The van der Waals surface area contributed by atoms with Gasteiger partial charge in [-0.3, -0.25) is 0 Å². The fraction of sp³-hybridized carbons (Fsp3) is 1.00. The largest absolute Gasteiger partial charge is 0.373 e. The molecule has 4 N–H and O–H groups in total. The predicted octanol–water partition coefficient (Wildman–Crippen LogP) is -2.05. The van der Waals surface area contributed by atoms with Gasteiger partial charge >= 0.3 is 6.10 Å². The Hall–Kier alpha value is -0.200. The Balaban J connectivity index is 1.93. The third-order valence-corrected chi connectivity index (χ3v) is 1.23. The van der Waals surface area contributed by atoms with E-state index in [1.165, 1.54) is 0 Å². The van der Waals surface area contributed by atoms with E-state index < -0.39 is 6.10 Å². The summed E-state index contributed by atoms with van der Waals surface area (Å²) in [6.45, 7) is 1.06. The molecule has 0 aromatic rings. The van der Waals surface area contributed by atoms with Gasteiger partial charge in [-0.25, -0.2) is 5.32 Å². The fourth-order valence-corrected chi connectivity index (χ4v) is 0.636. The van der Waals surface area contributed by atoms with Crippen molar-refractivity contribution in [2.75, 3.05) is 13.2 Å². The van der Waals surface area contributed by atoms with E-state index in [9.17, 15) is 0 Å². The summed E-state index contributed by atoms with van der Waals surface area (Å²) in [7, 11) is 0. The lowest BCUT2D eigenvalue weighted by Crippen LogP contribution is -2.45. The van der Waals surface area contributed by atoms with Crippen LogP contribution < -0.4 is 5.32 Å². The second-order valence-corrected chi connectivity index (χ2v) is 2.31. The van der Waals surface area contributed by atoms with Crippen molar-refractivity contribution in [3.8, 4) is 0 Å². The lowest BCUT2D eigenvalue weighted by Gasteiger charge is -2.14. The molecule has 1 heterocycles. The topological polar surface area (TPSA) is 85.2 Å². The highest BCUT2D eigenvalue weighted by Gasteiger charge is 2.23. The first-order chi connectivity index (χ1) is 4.58. The van der Waals surface area contributed by atoms with Crippen molar-refractivity contribution in [2.45, 2.75) is 18.6 Å². The van der Waals surface area contributed by atoms with Crippen LogP contribution in [0.15, 0.2) is 0 Å². The second kappa shape index (κ2) is 2.81. The summed E-state index contributed by atoms with van der Waals surface area (Å²) in [5, 5.41) is 27.0. The van der Waals surface area contributed by atoms with E-state index in [0.717, 1.165) is 6.61 Å². The van der Waals surface area contributed by atoms with Crippen LogP contribution >= 0.6 is 0 Å². The second-order valence-electron chi connectivity index (χ2n) is 2.31. The summed E-state index contributed by atoms with van der Waals surface area (Å²) in [4.78, 5) is 0. The van der Waals surface area contributed by atoms with Crippen LogP contribution in [0.1, 0.15) is 6.42 Å². The lowest BCUT2D eigenvalue weighted by atomic mass is 10.3. The van der Waals surface area contributed by atoms with Crippen molar-refractivity contribution in [2.24, 2.45) is 0 Å². The van der Waals surface area contributed by atoms with Crippen LogP contribution in [0, 0.1) is 0 Å². The minimum Gasteiger partial charge on any atom is -0.373 e. The number of rotatable bonds is 4. The van der Waals surface area contributed by atoms with Crippen LogP contribution in [0.4, 0.5) is 0 Å². The molecule has 0 amide bonds. The Morgan fingerprint density at radius 3 is 2.50 bits per heavy atom. The summed E-state index contributed by atoms with van der Waals surface area (Å²) in [5.41, 5.74) is 0. The highest BCUT2D eigenvalue weighted by molar-refractivity contribution is 4.69. The van der Waals surface area contributed by atoms with Crippen LogP contribution in [-0.4, -0.2) is 40.7 Å². The minimum absolute atomic E-state index is 0.231. The standard InChI is InChI=1S/C5H11NO4/c7-5(8,9)6-2-1-4-3-10-4/h4,6-9H,1-3H2. The summed E-state index contributed by atoms with van der Waals surface area (Å²) in [6.07, 6.45) is -1.83. The van der Waals surface area contributed by atoms with Crippen molar-refractivity contribution >= 4 is 0 Å². The quantitative estimate of drug-likeness (QED) is 0.273. The molecule has 1 atom stereocenters. The van der Waals surface area contributed by atoms with Crippen molar-refractivity contribution in [1.82, 2.24) is 5.32 Å². The van der Waals surface area contributed by atoms with E-state index in [0.29, 0.717) is 13.0 Å². The van der Waals surface area contributed by atoms with Gasteiger partial charge in [-0.2, -0.15) is 0 Å². The molecule has 10 heavy (non-hydrogen) atoms. The molecule has 1 aliphatic heterocycles. The molecule has 0 radical (unpaired) electrons. The van der Waals surface area contributed by atoms with E-state index in [2.05, 4.69) is 5.32 Å². The van der Waals surface area contributed by atoms with Gasteiger partial charge in [0.2, 0.25) is 0 Å². The van der Waals surface area contributed by atoms with Gasteiger partial charge in [-0.05, 0) is 6.42 Å². The molecule has 1 rings (SSSR count). The van der Waals surface area contributed by atoms with Gasteiger partial charge in [-0.1, -0.05) is 0 Å². The number of nitrogens with one attached hydrogen (secondary N) is 1. The summed E-state index contributed by atoms with van der Waals surface area (Å²) in [5.74, 6) is 0. The van der Waals surface area contributed by atoms with Gasteiger partial charge in [-0.15, -0.1) is 0 Å². The first-order valence-corrected chi connectivity index (χ1v) is 3.12. The molecule has 0 bridgehead atoms. The average molecular weight is 149 g/mol. The Morgan fingerprint density at radius 1 is 1.50 bits per heavy atom. The van der Waals surface area contributed by atoms with E-state index in [1.54, 1.807) is 0 Å². The Bertz CT molecular complexity index is 107. The number of hydrogen-bond acceptors (Lipinski definition) is 5. The first kappa shape index (κ1) is 7.90. The molecule has 0 aliphatic carbocycles. The maximum absolute atomic E-state index is 8.31. The third kappa shape index (κ3) is 3.76. The Labute approximate surface area is 58.2 Å². The highest BCUT2D eigenvalue weighted by Crippen LogP contribution is 2.11. The van der Waals surface area contributed by atoms with Crippen molar-refractivity contribution in [3.05, 3.63) is 0 Å². The van der Waals surface area contributed by atoms with Crippen LogP contribution in [-0.2, 0) is 4.74 Å². The lowest BCUT2D eigenvalue weighted by molar-refractivity contribution is -0.331. The van der Waals surface area contributed by atoms with Crippen LogP contribution in [0.3, 0.4) is 0 Å². The fourth-order valence-electron chi connectivity index (χ4n) is 0.636. The van der Waals surface area contributed by atoms with Gasteiger partial charge in [0.25, 0.3) is 0 Å². The zero-order chi connectivity index (χ0) is 7.61. The maximum atomic E-state index is 8.31. The zero-order valence-corrected chi connectivity index (χ0v) is 5.45. The van der Waals surface area contributed by atoms with Gasteiger partial charge < -0.3 is 20.1 Å². The van der Waals surface area contributed by atoms with Crippen LogP contribution in [0.2, 0.25) is 0 Å². The van der Waals surface area contributed by atoms with Crippen molar-refractivity contribution in [3.63, 3.8) is 0 Å². The molecular formula is C5H11NO4. The van der Waals surface area contributed by atoms with E-state index in [-0.39, 0.29) is 6.10 Å². The highest BCUT2D eigenvalue weighted by atomic mass is 16.7. The molecule has 1 fully saturated rings. The zero-order valence-electron chi connectivity index (χ0n) is 5.45. The van der Waals surface area contributed by atoms with Gasteiger partial charge in [0.05, 0.1) is 12.7 Å². The summed E-state index contributed by atoms with van der Waals surface area (Å²) >= 11 is 0. The first-order valence-electron chi connectivity index (χ1n) is 3.12. The molecule has 1 unspecified atom stereocenters. The van der Waals surface area contributed by atoms with Crippen LogP contribution in [0.5, 0.6) is 0 Å². The van der Waals surface area contributed by atoms with Crippen molar-refractivity contribution < 1.29 is 20.1 Å². The molecule has 5 nitrogen and oxygen atoms in total. The van der Waals surface area contributed by atoms with Gasteiger partial charge in [0.15, 0.2) is 0 Å². The SMILES string of the molecule is OC(O)(O)NCCC1CO1. The number of hydrogen-bond donors (Lipinski definition) is 4. The smallest absolute Gasteiger partial charge is 0.343 e. The van der Waals surface area contributed by atoms with Gasteiger partial charge in [0.1, 0.15) is 0 Å². The number of aliphatic hydroxyl groups is 3. The molecule has 0 aromatic carbocycles. The van der Waals surface area contributed by atoms with E-state index in [4.69, 9.17) is 20.1 Å². The molecule has 0 spiro atoms. The maximum Gasteiger partial charge on any atom is 0.343 e. The molecule has 0 saturated carbocycles. The average Bonchev–Trinajstić information content (AvgIpc) is 2.45. The summed E-state index contributed by atoms with van der Waals surface area (Å²) < 4.78 is 4.84. The predicted molar refractivity (Wildman–Crippen MR) is 31.7 cm³/mol.